The van der Waals surface area contributed by atoms with Crippen LogP contribution in [0.4, 0.5) is 0 Å². The lowest BCUT2D eigenvalue weighted by atomic mass is 10.2. The summed E-state index contributed by atoms with van der Waals surface area (Å²) < 4.78 is 0. The van der Waals surface area contributed by atoms with Crippen molar-refractivity contribution < 1.29 is 4.79 Å². The van der Waals surface area contributed by atoms with Gasteiger partial charge in [-0.3, -0.25) is 4.79 Å². The van der Waals surface area contributed by atoms with E-state index in [1.165, 1.54) is 5.56 Å². The van der Waals surface area contributed by atoms with Gasteiger partial charge in [-0.15, -0.1) is 0 Å². The normalized spacial score (nSPS) is 12.5. The molecule has 4 heteroatoms. The number of nitrogens with zero attached hydrogens (tertiary/aromatic N) is 1. The Labute approximate surface area is 95.1 Å². The van der Waals surface area contributed by atoms with Crippen molar-refractivity contribution >= 4 is 17.2 Å². The summed E-state index contributed by atoms with van der Waals surface area (Å²) in [6, 6.07) is 2.02. The molecule has 1 rings (SSSR count). The minimum atomic E-state index is -0.0985. The Hall–Kier alpha value is -0.870. The summed E-state index contributed by atoms with van der Waals surface area (Å²) in [5.41, 5.74) is 1.33. The second-order valence-corrected chi connectivity index (χ2v) is 4.57. The van der Waals surface area contributed by atoms with Gasteiger partial charge in [0.1, 0.15) is 0 Å². The molecule has 1 N–H and O–H groups in total. The Morgan fingerprint density at radius 3 is 2.87 bits per heavy atom. The predicted octanol–water partition coefficient (Wildman–Crippen LogP) is 1.36. The quantitative estimate of drug-likeness (QED) is 0.822. The van der Waals surface area contributed by atoms with Crippen molar-refractivity contribution in [2.45, 2.75) is 19.4 Å². The minimum Gasteiger partial charge on any atom is -0.347 e. The van der Waals surface area contributed by atoms with Gasteiger partial charge in [-0.05, 0) is 42.3 Å². The van der Waals surface area contributed by atoms with Crippen LogP contribution in [0.5, 0.6) is 0 Å². The van der Waals surface area contributed by atoms with E-state index in [-0.39, 0.29) is 11.9 Å². The summed E-state index contributed by atoms with van der Waals surface area (Å²) in [4.78, 5) is 13.1. The Balaban J connectivity index is 2.23. The van der Waals surface area contributed by atoms with Gasteiger partial charge in [-0.2, -0.15) is 11.3 Å². The first kappa shape index (κ1) is 12.2. The molecule has 0 bridgehead atoms. The Bertz CT molecular complexity index is 296. The Morgan fingerprint density at radius 1 is 1.60 bits per heavy atom. The van der Waals surface area contributed by atoms with Crippen molar-refractivity contribution in [2.24, 2.45) is 0 Å². The number of rotatable bonds is 5. The molecule has 0 aliphatic rings. The summed E-state index contributed by atoms with van der Waals surface area (Å²) >= 11 is 1.71. The second-order valence-electron chi connectivity index (χ2n) is 3.79. The number of amides is 1. The van der Waals surface area contributed by atoms with Crippen LogP contribution in [0.3, 0.4) is 0 Å². The third kappa shape index (κ3) is 4.01. The lowest BCUT2D eigenvalue weighted by Crippen LogP contribution is -2.42. The maximum absolute atomic E-state index is 11.5. The summed E-state index contributed by atoms with van der Waals surface area (Å²) in [5.74, 6) is 0.125. The molecule has 0 aliphatic heterocycles. The third-order valence-corrected chi connectivity index (χ3v) is 2.99. The first-order valence-electron chi connectivity index (χ1n) is 5.07. The predicted molar refractivity (Wildman–Crippen MR) is 64.2 cm³/mol. The van der Waals surface area contributed by atoms with Gasteiger partial charge in [0.25, 0.3) is 0 Å². The number of hydrogen-bond donors (Lipinski definition) is 1. The van der Waals surface area contributed by atoms with Crippen LogP contribution in [0.1, 0.15) is 12.5 Å². The van der Waals surface area contributed by atoms with Crippen molar-refractivity contribution in [3.05, 3.63) is 22.4 Å². The standard InChI is InChI=1S/C11H18N2OS/c1-9(11(14)13(2)3)12-6-4-10-5-7-15-8-10/h5,7-9,12H,4,6H2,1-3H3. The Kier molecular flexibility index (Phi) is 4.78. The fraction of sp³-hybridized carbons (Fsp3) is 0.545. The van der Waals surface area contributed by atoms with E-state index < -0.39 is 0 Å². The van der Waals surface area contributed by atoms with E-state index in [1.54, 1.807) is 30.3 Å². The summed E-state index contributed by atoms with van der Waals surface area (Å²) in [6.07, 6.45) is 0.981. The second kappa shape index (κ2) is 5.88. The number of carbonyl (C=O) groups is 1. The molecule has 0 spiro atoms. The van der Waals surface area contributed by atoms with E-state index in [2.05, 4.69) is 22.1 Å². The van der Waals surface area contributed by atoms with Gasteiger partial charge in [0, 0.05) is 14.1 Å². The van der Waals surface area contributed by atoms with Crippen molar-refractivity contribution in [3.63, 3.8) is 0 Å². The SMILES string of the molecule is CC(NCCc1ccsc1)C(=O)N(C)C. The van der Waals surface area contributed by atoms with Gasteiger partial charge in [-0.1, -0.05) is 0 Å². The van der Waals surface area contributed by atoms with E-state index in [0.717, 1.165) is 13.0 Å². The van der Waals surface area contributed by atoms with Crippen LogP contribution in [-0.2, 0) is 11.2 Å². The van der Waals surface area contributed by atoms with Gasteiger partial charge < -0.3 is 10.2 Å². The van der Waals surface area contributed by atoms with Crippen LogP contribution < -0.4 is 5.32 Å². The Morgan fingerprint density at radius 2 is 2.33 bits per heavy atom. The molecule has 1 aromatic rings. The largest absolute Gasteiger partial charge is 0.347 e. The molecule has 0 saturated carbocycles. The molecule has 0 radical (unpaired) electrons. The molecular formula is C11H18N2OS. The summed E-state index contributed by atoms with van der Waals surface area (Å²) in [7, 11) is 3.55. The van der Waals surface area contributed by atoms with E-state index in [1.807, 2.05) is 6.92 Å². The highest BCUT2D eigenvalue weighted by molar-refractivity contribution is 7.07. The van der Waals surface area contributed by atoms with Crippen molar-refractivity contribution in [1.82, 2.24) is 10.2 Å². The molecule has 0 aliphatic carbocycles. The van der Waals surface area contributed by atoms with Gasteiger partial charge >= 0.3 is 0 Å². The van der Waals surface area contributed by atoms with Crippen LogP contribution in [0.25, 0.3) is 0 Å². The van der Waals surface area contributed by atoms with E-state index in [4.69, 9.17) is 0 Å². The fourth-order valence-electron chi connectivity index (χ4n) is 1.34. The molecule has 15 heavy (non-hydrogen) atoms. The molecule has 84 valence electrons. The van der Waals surface area contributed by atoms with E-state index in [0.29, 0.717) is 0 Å². The zero-order chi connectivity index (χ0) is 11.3. The summed E-state index contributed by atoms with van der Waals surface area (Å²) in [6.45, 7) is 2.74. The van der Waals surface area contributed by atoms with E-state index in [9.17, 15) is 4.79 Å². The average molecular weight is 226 g/mol. The highest BCUT2D eigenvalue weighted by Crippen LogP contribution is 2.05. The molecule has 0 aromatic carbocycles. The molecule has 1 heterocycles. The number of thiophene rings is 1. The van der Waals surface area contributed by atoms with Crippen LogP contribution >= 0.6 is 11.3 Å². The van der Waals surface area contributed by atoms with Crippen LogP contribution in [0.15, 0.2) is 16.8 Å². The lowest BCUT2D eigenvalue weighted by molar-refractivity contribution is -0.130. The van der Waals surface area contributed by atoms with Gasteiger partial charge in [-0.25, -0.2) is 0 Å². The van der Waals surface area contributed by atoms with Gasteiger partial charge in [0.2, 0.25) is 5.91 Å². The zero-order valence-electron chi connectivity index (χ0n) is 9.49. The van der Waals surface area contributed by atoms with Crippen LogP contribution in [-0.4, -0.2) is 37.5 Å². The topological polar surface area (TPSA) is 32.3 Å². The minimum absolute atomic E-state index is 0.0985. The summed E-state index contributed by atoms with van der Waals surface area (Å²) in [5, 5.41) is 7.43. The molecule has 1 atom stereocenters. The first-order valence-corrected chi connectivity index (χ1v) is 6.01. The number of hydrogen-bond acceptors (Lipinski definition) is 3. The molecule has 1 aromatic heterocycles. The maximum Gasteiger partial charge on any atom is 0.238 e. The number of nitrogens with one attached hydrogen (secondary N) is 1. The number of likely N-dealkylation sites (N-methyl/N-ethyl adjacent to an activating group) is 1. The van der Waals surface area contributed by atoms with Crippen LogP contribution in [0, 0.1) is 0 Å². The molecule has 0 fully saturated rings. The molecule has 1 unspecified atom stereocenters. The fourth-order valence-corrected chi connectivity index (χ4v) is 2.05. The molecule has 3 nitrogen and oxygen atoms in total. The monoisotopic (exact) mass is 226 g/mol. The number of carbonyl (C=O) groups excluding carboxylic acids is 1. The van der Waals surface area contributed by atoms with Gasteiger partial charge in [0.05, 0.1) is 6.04 Å². The maximum atomic E-state index is 11.5. The molecule has 1 amide bonds. The van der Waals surface area contributed by atoms with Crippen molar-refractivity contribution in [2.75, 3.05) is 20.6 Å². The third-order valence-electron chi connectivity index (χ3n) is 2.26. The average Bonchev–Trinajstić information content (AvgIpc) is 2.69. The van der Waals surface area contributed by atoms with Crippen molar-refractivity contribution in [3.8, 4) is 0 Å². The van der Waals surface area contributed by atoms with Crippen LogP contribution in [0.2, 0.25) is 0 Å². The van der Waals surface area contributed by atoms with E-state index >= 15 is 0 Å². The molecule has 0 saturated heterocycles. The smallest absolute Gasteiger partial charge is 0.238 e. The van der Waals surface area contributed by atoms with Gasteiger partial charge in [0.15, 0.2) is 0 Å². The zero-order valence-corrected chi connectivity index (χ0v) is 10.3. The highest BCUT2D eigenvalue weighted by atomic mass is 32.1. The van der Waals surface area contributed by atoms with Crippen molar-refractivity contribution in [1.29, 1.82) is 0 Å². The lowest BCUT2D eigenvalue weighted by Gasteiger charge is -2.17. The first-order chi connectivity index (χ1) is 7.11. The highest BCUT2D eigenvalue weighted by Gasteiger charge is 2.13. The molecular weight excluding hydrogens is 208 g/mol.